The quantitative estimate of drug-likeness (QED) is 0.766. The van der Waals surface area contributed by atoms with E-state index in [1.807, 2.05) is 0 Å². The highest BCUT2D eigenvalue weighted by Crippen LogP contribution is 2.30. The van der Waals surface area contributed by atoms with Gasteiger partial charge in [0.1, 0.15) is 0 Å². The largest absolute Gasteiger partial charge is 0.387 e. The first-order valence-electron chi connectivity index (χ1n) is 3.34. The topological polar surface area (TPSA) is 20.2 Å². The fraction of sp³-hybridized carbons (Fsp3) is 0.250. The maximum atomic E-state index is 9.36. The Kier molecular flexibility index (Phi) is 3.66. The summed E-state index contributed by atoms with van der Waals surface area (Å²) in [6.07, 6.45) is -0.752. The minimum Gasteiger partial charge on any atom is -0.387 e. The molecule has 0 spiro atoms. The van der Waals surface area contributed by atoms with E-state index in [1.165, 1.54) is 0 Å². The lowest BCUT2D eigenvalue weighted by Crippen LogP contribution is -1.99. The van der Waals surface area contributed by atoms with Crippen molar-refractivity contribution in [2.45, 2.75) is 6.10 Å². The van der Waals surface area contributed by atoms with Crippen LogP contribution in [-0.2, 0) is 0 Å². The lowest BCUT2D eigenvalue weighted by atomic mass is 10.1. The third-order valence-corrected chi connectivity index (χ3v) is 2.61. The third kappa shape index (κ3) is 2.05. The molecule has 1 nitrogen and oxygen atoms in total. The minimum absolute atomic E-state index is 0.111. The van der Waals surface area contributed by atoms with E-state index < -0.39 is 6.10 Å². The van der Waals surface area contributed by atoms with Gasteiger partial charge >= 0.3 is 0 Å². The standard InChI is InChI=1S/C8H7Cl3O/c9-4-7(12)5-2-1-3-6(10)8(5)11/h1-3,7,12H,4H2/t7-/m0/s1. The predicted molar refractivity (Wildman–Crippen MR) is 52.1 cm³/mol. The number of aliphatic hydroxyl groups excluding tert-OH is 1. The average Bonchev–Trinajstić information content (AvgIpc) is 2.08. The number of halogens is 3. The monoisotopic (exact) mass is 224 g/mol. The summed E-state index contributed by atoms with van der Waals surface area (Å²) in [7, 11) is 0. The molecule has 1 aromatic rings. The summed E-state index contributed by atoms with van der Waals surface area (Å²) < 4.78 is 0. The molecule has 66 valence electrons. The van der Waals surface area contributed by atoms with Gasteiger partial charge < -0.3 is 5.11 Å². The van der Waals surface area contributed by atoms with Crippen molar-refractivity contribution in [1.82, 2.24) is 0 Å². The van der Waals surface area contributed by atoms with Crippen LogP contribution in [0.1, 0.15) is 11.7 Å². The van der Waals surface area contributed by atoms with Gasteiger partial charge in [-0.05, 0) is 6.07 Å². The Bertz CT molecular complexity index is 275. The van der Waals surface area contributed by atoms with Crippen molar-refractivity contribution in [3.05, 3.63) is 33.8 Å². The number of benzene rings is 1. The van der Waals surface area contributed by atoms with Crippen molar-refractivity contribution in [3.8, 4) is 0 Å². The third-order valence-electron chi connectivity index (χ3n) is 1.49. The van der Waals surface area contributed by atoms with Gasteiger partial charge in [-0.25, -0.2) is 0 Å². The Morgan fingerprint density at radius 2 is 2.00 bits per heavy atom. The van der Waals surface area contributed by atoms with Gasteiger partial charge in [0.05, 0.1) is 22.0 Å². The molecular weight excluding hydrogens is 218 g/mol. The molecule has 0 amide bonds. The summed E-state index contributed by atoms with van der Waals surface area (Å²) in [6.45, 7) is 0. The van der Waals surface area contributed by atoms with Crippen LogP contribution in [0, 0.1) is 0 Å². The Labute approximate surface area is 85.9 Å². The summed E-state index contributed by atoms with van der Waals surface area (Å²) in [5.41, 5.74) is 0.569. The van der Waals surface area contributed by atoms with E-state index in [4.69, 9.17) is 34.8 Å². The Morgan fingerprint density at radius 3 is 2.58 bits per heavy atom. The van der Waals surface area contributed by atoms with Crippen LogP contribution in [-0.4, -0.2) is 11.0 Å². The number of hydrogen-bond acceptors (Lipinski definition) is 1. The summed E-state index contributed by atoms with van der Waals surface area (Å²) >= 11 is 17.0. The van der Waals surface area contributed by atoms with Crippen molar-refractivity contribution in [3.63, 3.8) is 0 Å². The van der Waals surface area contributed by atoms with E-state index in [2.05, 4.69) is 0 Å². The SMILES string of the molecule is O[C@@H](CCl)c1cccc(Cl)c1Cl. The zero-order valence-corrected chi connectivity index (χ0v) is 8.37. The van der Waals surface area contributed by atoms with Gasteiger partial charge in [-0.2, -0.15) is 0 Å². The van der Waals surface area contributed by atoms with E-state index in [0.29, 0.717) is 15.6 Å². The molecule has 0 heterocycles. The van der Waals surface area contributed by atoms with Crippen LogP contribution in [0.4, 0.5) is 0 Å². The molecule has 0 aliphatic carbocycles. The molecule has 1 atom stereocenters. The van der Waals surface area contributed by atoms with Crippen molar-refractivity contribution in [2.24, 2.45) is 0 Å². The average molecular weight is 226 g/mol. The second-order valence-corrected chi connectivity index (χ2v) is 3.41. The Morgan fingerprint density at radius 1 is 1.33 bits per heavy atom. The maximum absolute atomic E-state index is 9.36. The van der Waals surface area contributed by atoms with Gasteiger partial charge in [-0.15, -0.1) is 11.6 Å². The molecule has 12 heavy (non-hydrogen) atoms. The van der Waals surface area contributed by atoms with Crippen LogP contribution in [0.3, 0.4) is 0 Å². The van der Waals surface area contributed by atoms with Gasteiger partial charge in [-0.3, -0.25) is 0 Å². The van der Waals surface area contributed by atoms with Gasteiger partial charge in [0.15, 0.2) is 0 Å². The molecule has 4 heteroatoms. The van der Waals surface area contributed by atoms with E-state index in [0.717, 1.165) is 0 Å². The highest BCUT2D eigenvalue weighted by molar-refractivity contribution is 6.42. The summed E-state index contributed by atoms with van der Waals surface area (Å²) in [5.74, 6) is 0.111. The molecule has 0 unspecified atom stereocenters. The van der Waals surface area contributed by atoms with Gasteiger partial charge in [0.2, 0.25) is 0 Å². The number of alkyl halides is 1. The highest BCUT2D eigenvalue weighted by atomic mass is 35.5. The lowest BCUT2D eigenvalue weighted by Gasteiger charge is -2.09. The van der Waals surface area contributed by atoms with Crippen molar-refractivity contribution in [2.75, 3.05) is 5.88 Å². The van der Waals surface area contributed by atoms with Crippen LogP contribution in [0.15, 0.2) is 18.2 Å². The zero-order chi connectivity index (χ0) is 9.14. The molecule has 0 radical (unpaired) electrons. The summed E-state index contributed by atoms with van der Waals surface area (Å²) in [4.78, 5) is 0. The number of hydrogen-bond donors (Lipinski definition) is 1. The molecule has 1 rings (SSSR count). The van der Waals surface area contributed by atoms with E-state index >= 15 is 0 Å². The minimum atomic E-state index is -0.752. The number of aliphatic hydroxyl groups is 1. The van der Waals surface area contributed by atoms with E-state index in [1.54, 1.807) is 18.2 Å². The molecule has 0 bridgehead atoms. The molecular formula is C8H7Cl3O. The first kappa shape index (κ1) is 10.1. The lowest BCUT2D eigenvalue weighted by molar-refractivity contribution is 0.203. The predicted octanol–water partition coefficient (Wildman–Crippen LogP) is 3.27. The van der Waals surface area contributed by atoms with Crippen molar-refractivity contribution < 1.29 is 5.11 Å². The molecule has 0 aliphatic heterocycles. The Balaban J connectivity index is 3.07. The fourth-order valence-corrected chi connectivity index (χ4v) is 1.46. The van der Waals surface area contributed by atoms with Gasteiger partial charge in [-0.1, -0.05) is 35.3 Å². The van der Waals surface area contributed by atoms with Crippen LogP contribution >= 0.6 is 34.8 Å². The highest BCUT2D eigenvalue weighted by Gasteiger charge is 2.11. The maximum Gasteiger partial charge on any atom is 0.0940 e. The molecule has 0 aromatic heterocycles. The second-order valence-electron chi connectivity index (χ2n) is 2.31. The molecule has 0 saturated heterocycles. The van der Waals surface area contributed by atoms with Gasteiger partial charge in [0.25, 0.3) is 0 Å². The van der Waals surface area contributed by atoms with Crippen molar-refractivity contribution in [1.29, 1.82) is 0 Å². The van der Waals surface area contributed by atoms with E-state index in [-0.39, 0.29) is 5.88 Å². The summed E-state index contributed by atoms with van der Waals surface area (Å²) in [5, 5.41) is 10.2. The molecule has 0 fully saturated rings. The van der Waals surface area contributed by atoms with Crippen LogP contribution in [0.25, 0.3) is 0 Å². The van der Waals surface area contributed by atoms with Crippen LogP contribution in [0.2, 0.25) is 10.0 Å². The molecule has 1 N–H and O–H groups in total. The van der Waals surface area contributed by atoms with Crippen LogP contribution in [0.5, 0.6) is 0 Å². The van der Waals surface area contributed by atoms with Crippen LogP contribution < -0.4 is 0 Å². The fourth-order valence-electron chi connectivity index (χ4n) is 0.861. The zero-order valence-electron chi connectivity index (χ0n) is 6.10. The molecule has 0 saturated carbocycles. The van der Waals surface area contributed by atoms with Crippen molar-refractivity contribution >= 4 is 34.8 Å². The molecule has 1 aromatic carbocycles. The second kappa shape index (κ2) is 4.33. The Hall–Kier alpha value is 0.0500. The van der Waals surface area contributed by atoms with Gasteiger partial charge in [0, 0.05) is 5.56 Å². The smallest absolute Gasteiger partial charge is 0.0940 e. The number of rotatable bonds is 2. The van der Waals surface area contributed by atoms with E-state index in [9.17, 15) is 5.11 Å². The summed E-state index contributed by atoms with van der Waals surface area (Å²) in [6, 6.07) is 5.08. The normalized spacial score (nSPS) is 13.0. The first-order chi connectivity index (χ1) is 5.66. The molecule has 0 aliphatic rings. The first-order valence-corrected chi connectivity index (χ1v) is 4.63.